The maximum Gasteiger partial charge on any atom is 0.296 e. The fourth-order valence-corrected chi connectivity index (χ4v) is 7.34. The van der Waals surface area contributed by atoms with E-state index in [1.807, 2.05) is 54.6 Å². The van der Waals surface area contributed by atoms with E-state index in [0.717, 1.165) is 21.9 Å². The number of furan rings is 1. The van der Waals surface area contributed by atoms with Gasteiger partial charge in [0.05, 0.1) is 11.6 Å². The van der Waals surface area contributed by atoms with Crippen LogP contribution in [0.15, 0.2) is 129 Å². The van der Waals surface area contributed by atoms with Gasteiger partial charge in [-0.3, -0.25) is 14.5 Å². The standard InChI is InChI=1S/C36H27N3O5S2/c1-22-17-18-29(44-22)32(40)30-31(25-13-8-15-27(19-25)43-20-23-9-3-2-4-10-23)39(34(42)33(30)41)35-37-38-36(46-35)45-21-26-14-7-12-24-11-5-6-16-28(24)26/h2-19,31,41H,20-21H2,1H3. The van der Waals surface area contributed by atoms with Gasteiger partial charge in [0, 0.05) is 5.75 Å². The number of benzene rings is 4. The summed E-state index contributed by atoms with van der Waals surface area (Å²) in [4.78, 5) is 28.8. The van der Waals surface area contributed by atoms with E-state index in [1.54, 1.807) is 31.2 Å². The Morgan fingerprint density at radius 2 is 1.74 bits per heavy atom. The number of aromatic nitrogens is 2. The molecule has 0 aliphatic carbocycles. The van der Waals surface area contributed by atoms with E-state index < -0.39 is 23.5 Å². The molecule has 0 radical (unpaired) electrons. The first kappa shape index (κ1) is 29.5. The van der Waals surface area contributed by atoms with E-state index in [4.69, 9.17) is 9.15 Å². The number of aryl methyl sites for hydroxylation is 1. The summed E-state index contributed by atoms with van der Waals surface area (Å²) in [7, 11) is 0. The normalized spacial score (nSPS) is 14.8. The molecule has 6 aromatic rings. The Kier molecular flexibility index (Phi) is 8.13. The number of aliphatic hydroxyl groups excluding tert-OH is 1. The van der Waals surface area contributed by atoms with Gasteiger partial charge in [0.15, 0.2) is 15.9 Å². The summed E-state index contributed by atoms with van der Waals surface area (Å²) in [5, 5.41) is 22.5. The second-order valence-corrected chi connectivity index (χ2v) is 12.9. The molecule has 4 aromatic carbocycles. The van der Waals surface area contributed by atoms with Crippen molar-refractivity contribution in [2.75, 3.05) is 4.90 Å². The fourth-order valence-electron chi connectivity index (χ4n) is 5.47. The molecular weight excluding hydrogens is 619 g/mol. The van der Waals surface area contributed by atoms with E-state index in [1.165, 1.54) is 34.1 Å². The number of hydrogen-bond donors (Lipinski definition) is 1. The maximum atomic E-state index is 13.8. The van der Waals surface area contributed by atoms with Crippen molar-refractivity contribution in [3.8, 4) is 5.75 Å². The molecule has 1 unspecified atom stereocenters. The second kappa shape index (κ2) is 12.7. The van der Waals surface area contributed by atoms with Gasteiger partial charge < -0.3 is 14.3 Å². The average Bonchev–Trinajstić information content (AvgIpc) is 3.81. The Morgan fingerprint density at radius 1 is 0.957 bits per heavy atom. The molecule has 3 heterocycles. The quantitative estimate of drug-likeness (QED) is 0.0902. The van der Waals surface area contributed by atoms with Crippen LogP contribution in [-0.4, -0.2) is 27.0 Å². The zero-order valence-electron chi connectivity index (χ0n) is 24.6. The lowest BCUT2D eigenvalue weighted by Crippen LogP contribution is -2.31. The lowest BCUT2D eigenvalue weighted by Gasteiger charge is -2.24. The van der Waals surface area contributed by atoms with Gasteiger partial charge in [-0.05, 0) is 58.7 Å². The van der Waals surface area contributed by atoms with Gasteiger partial charge in [-0.2, -0.15) is 0 Å². The highest BCUT2D eigenvalue weighted by Crippen LogP contribution is 2.44. The molecule has 46 heavy (non-hydrogen) atoms. The van der Waals surface area contributed by atoms with Crippen molar-refractivity contribution in [3.63, 3.8) is 0 Å². The van der Waals surface area contributed by atoms with Crippen LogP contribution in [0.1, 0.15) is 39.0 Å². The summed E-state index contributed by atoms with van der Waals surface area (Å²) in [6, 6.07) is 33.5. The van der Waals surface area contributed by atoms with E-state index in [2.05, 4.69) is 34.5 Å². The monoisotopic (exact) mass is 645 g/mol. The number of nitrogens with zero attached hydrogens (tertiary/aromatic N) is 3. The molecule has 0 fully saturated rings. The number of hydrogen-bond acceptors (Lipinski definition) is 9. The number of Topliss-reactive ketones (excluding diaryl/α,β-unsaturated/α-hetero) is 1. The number of amides is 1. The fraction of sp³-hybridized carbons (Fsp3) is 0.111. The van der Waals surface area contributed by atoms with Crippen molar-refractivity contribution >= 4 is 50.7 Å². The summed E-state index contributed by atoms with van der Waals surface area (Å²) in [6.45, 7) is 2.06. The van der Waals surface area contributed by atoms with E-state index >= 15 is 0 Å². The molecule has 0 saturated heterocycles. The van der Waals surface area contributed by atoms with Gasteiger partial charge in [0.1, 0.15) is 18.1 Å². The predicted octanol–water partition coefficient (Wildman–Crippen LogP) is 8.25. The first-order chi connectivity index (χ1) is 22.5. The number of thioether (sulfide) groups is 1. The van der Waals surface area contributed by atoms with Gasteiger partial charge in [0.25, 0.3) is 5.91 Å². The molecule has 10 heteroatoms. The lowest BCUT2D eigenvalue weighted by molar-refractivity contribution is -0.117. The highest BCUT2D eigenvalue weighted by Gasteiger charge is 2.47. The van der Waals surface area contributed by atoms with E-state index in [-0.39, 0.29) is 16.5 Å². The van der Waals surface area contributed by atoms with Gasteiger partial charge in [-0.1, -0.05) is 108 Å². The molecule has 1 amide bonds. The van der Waals surface area contributed by atoms with Gasteiger partial charge >= 0.3 is 0 Å². The summed E-state index contributed by atoms with van der Waals surface area (Å²) < 4.78 is 12.3. The zero-order chi connectivity index (χ0) is 31.6. The minimum atomic E-state index is -0.991. The Labute approximate surface area is 273 Å². The van der Waals surface area contributed by atoms with Crippen molar-refractivity contribution in [2.24, 2.45) is 0 Å². The summed E-state index contributed by atoms with van der Waals surface area (Å²) in [5.74, 6) is -0.220. The number of anilines is 1. The molecule has 0 bridgehead atoms. The first-order valence-electron chi connectivity index (χ1n) is 14.5. The number of carbonyl (C=O) groups is 2. The van der Waals surface area contributed by atoms with Crippen LogP contribution in [0.25, 0.3) is 10.8 Å². The number of ketones is 1. The van der Waals surface area contributed by atoms with Crippen LogP contribution < -0.4 is 9.64 Å². The third-order valence-corrected chi connectivity index (χ3v) is 9.78. The molecule has 228 valence electrons. The van der Waals surface area contributed by atoms with Crippen molar-refractivity contribution in [2.45, 2.75) is 29.7 Å². The largest absolute Gasteiger partial charge is 0.503 e. The van der Waals surface area contributed by atoms with Crippen LogP contribution in [0, 0.1) is 6.92 Å². The summed E-state index contributed by atoms with van der Waals surface area (Å²) >= 11 is 2.74. The number of aliphatic hydroxyl groups is 1. The Morgan fingerprint density at radius 3 is 2.57 bits per heavy atom. The van der Waals surface area contributed by atoms with Gasteiger partial charge in [-0.15, -0.1) is 10.2 Å². The van der Waals surface area contributed by atoms with Crippen LogP contribution in [0.5, 0.6) is 5.75 Å². The molecule has 8 nitrogen and oxygen atoms in total. The SMILES string of the molecule is Cc1ccc(C(=O)C2=C(O)C(=O)N(c3nnc(SCc4cccc5ccccc45)s3)C2c2cccc(OCc3ccccc3)c2)o1. The number of rotatable bonds is 10. The minimum absolute atomic E-state index is 0.0266. The molecule has 0 spiro atoms. The zero-order valence-corrected chi connectivity index (χ0v) is 26.3. The van der Waals surface area contributed by atoms with Crippen LogP contribution in [0.4, 0.5) is 5.13 Å². The van der Waals surface area contributed by atoms with Crippen LogP contribution in [0.2, 0.25) is 0 Å². The van der Waals surface area contributed by atoms with Crippen molar-refractivity contribution in [1.82, 2.24) is 10.2 Å². The Bertz CT molecular complexity index is 2100. The molecular formula is C36H27N3O5S2. The third-order valence-electron chi connectivity index (χ3n) is 7.67. The molecule has 1 aliphatic rings. The van der Waals surface area contributed by atoms with Crippen molar-refractivity contribution in [3.05, 3.63) is 149 Å². The number of fused-ring (bicyclic) bond motifs is 1. The molecule has 1 atom stereocenters. The Balaban J connectivity index is 1.21. The van der Waals surface area contributed by atoms with E-state index in [0.29, 0.717) is 33.8 Å². The topological polar surface area (TPSA) is 106 Å². The Hall–Kier alpha value is -5.19. The highest BCUT2D eigenvalue weighted by atomic mass is 32.2. The smallest absolute Gasteiger partial charge is 0.296 e. The van der Waals surface area contributed by atoms with Crippen LogP contribution in [0.3, 0.4) is 0 Å². The highest BCUT2D eigenvalue weighted by molar-refractivity contribution is 8.00. The maximum absolute atomic E-state index is 13.8. The number of ether oxygens (including phenoxy) is 1. The summed E-state index contributed by atoms with van der Waals surface area (Å²) in [6.07, 6.45) is 0. The van der Waals surface area contributed by atoms with Crippen LogP contribution >= 0.6 is 23.1 Å². The predicted molar refractivity (Wildman–Crippen MR) is 178 cm³/mol. The molecule has 2 aromatic heterocycles. The second-order valence-electron chi connectivity index (χ2n) is 10.7. The van der Waals surface area contributed by atoms with Gasteiger partial charge in [-0.25, -0.2) is 0 Å². The molecule has 7 rings (SSSR count). The van der Waals surface area contributed by atoms with E-state index in [9.17, 15) is 14.7 Å². The molecule has 1 N–H and O–H groups in total. The average molecular weight is 646 g/mol. The van der Waals surface area contributed by atoms with Crippen molar-refractivity contribution in [1.29, 1.82) is 0 Å². The third kappa shape index (κ3) is 5.80. The van der Waals surface area contributed by atoms with Gasteiger partial charge in [0.2, 0.25) is 10.9 Å². The first-order valence-corrected chi connectivity index (χ1v) is 16.3. The van der Waals surface area contributed by atoms with Crippen LogP contribution in [-0.2, 0) is 17.2 Å². The molecule has 1 aliphatic heterocycles. The van der Waals surface area contributed by atoms with Crippen molar-refractivity contribution < 1.29 is 23.8 Å². The number of carbonyl (C=O) groups excluding carboxylic acids is 2. The minimum Gasteiger partial charge on any atom is -0.503 e. The molecule has 0 saturated carbocycles. The summed E-state index contributed by atoms with van der Waals surface area (Å²) in [5.41, 5.74) is 2.62. The lowest BCUT2D eigenvalue weighted by atomic mass is 9.95.